The maximum Gasteiger partial charge on any atom is 0.405 e. The van der Waals surface area contributed by atoms with E-state index in [0.717, 1.165) is 0 Å². The maximum atomic E-state index is 11.7. The third-order valence-electron chi connectivity index (χ3n) is 4.02. The van der Waals surface area contributed by atoms with E-state index in [1.54, 1.807) is 60.9 Å². The van der Waals surface area contributed by atoms with Crippen LogP contribution in [-0.2, 0) is 5.60 Å². The Morgan fingerprint density at radius 1 is 0.920 bits per heavy atom. The molecule has 6 heteroatoms. The lowest BCUT2D eigenvalue weighted by Gasteiger charge is -2.36. The molecule has 6 nitrogen and oxygen atoms in total. The van der Waals surface area contributed by atoms with Crippen molar-refractivity contribution in [2.24, 2.45) is 0 Å². The molecule has 0 fully saturated rings. The summed E-state index contributed by atoms with van der Waals surface area (Å²) in [7, 11) is 0. The van der Waals surface area contributed by atoms with Crippen LogP contribution in [0.3, 0.4) is 0 Å². The summed E-state index contributed by atoms with van der Waals surface area (Å²) >= 11 is 0. The highest BCUT2D eigenvalue weighted by Gasteiger charge is 2.42. The van der Waals surface area contributed by atoms with Gasteiger partial charge in [0.25, 0.3) is 0 Å². The number of carboxylic acid groups (broad SMARTS) is 1. The van der Waals surface area contributed by atoms with Gasteiger partial charge in [-0.3, -0.25) is 9.97 Å². The molecule has 1 atom stereocenters. The van der Waals surface area contributed by atoms with Crippen LogP contribution in [0.5, 0.6) is 0 Å². The third-order valence-corrected chi connectivity index (χ3v) is 4.02. The van der Waals surface area contributed by atoms with E-state index in [4.69, 9.17) is 0 Å². The van der Waals surface area contributed by atoms with Gasteiger partial charge in [-0.2, -0.15) is 0 Å². The molecule has 0 aliphatic rings. The quantitative estimate of drug-likeness (QED) is 0.666. The lowest BCUT2D eigenvalue weighted by molar-refractivity contribution is 0.0359. The van der Waals surface area contributed by atoms with E-state index in [9.17, 15) is 15.0 Å². The van der Waals surface area contributed by atoms with Crippen molar-refractivity contribution in [1.82, 2.24) is 15.3 Å². The molecule has 1 amide bonds. The average molecular weight is 335 g/mol. The molecule has 3 aromatic rings. The summed E-state index contributed by atoms with van der Waals surface area (Å²) in [6.45, 7) is 0. The molecule has 0 radical (unpaired) electrons. The zero-order chi connectivity index (χ0) is 17.7. The molecule has 3 N–H and O–H groups in total. The molecule has 0 bridgehead atoms. The highest BCUT2D eigenvalue weighted by atomic mass is 16.4. The molecule has 0 aliphatic carbocycles. The lowest BCUT2D eigenvalue weighted by atomic mass is 9.78. The minimum atomic E-state index is -1.68. The Kier molecular flexibility index (Phi) is 4.72. The van der Waals surface area contributed by atoms with Crippen LogP contribution < -0.4 is 5.32 Å². The molecule has 25 heavy (non-hydrogen) atoms. The number of pyridine rings is 2. The Balaban J connectivity index is 2.22. The van der Waals surface area contributed by atoms with Gasteiger partial charge in [0.1, 0.15) is 5.60 Å². The Bertz CT molecular complexity index is 787. The van der Waals surface area contributed by atoms with Gasteiger partial charge in [-0.25, -0.2) is 4.79 Å². The van der Waals surface area contributed by atoms with E-state index in [-0.39, 0.29) is 0 Å². The van der Waals surface area contributed by atoms with E-state index < -0.39 is 17.7 Å². The van der Waals surface area contributed by atoms with Crippen molar-refractivity contribution in [1.29, 1.82) is 0 Å². The summed E-state index contributed by atoms with van der Waals surface area (Å²) in [5.41, 5.74) is -0.126. The molecule has 1 aromatic carbocycles. The Hall–Kier alpha value is -3.25. The Morgan fingerprint density at radius 3 is 1.92 bits per heavy atom. The van der Waals surface area contributed by atoms with E-state index >= 15 is 0 Å². The number of aromatic nitrogens is 2. The molecule has 0 aliphatic heterocycles. The number of aliphatic hydroxyl groups is 1. The largest absolute Gasteiger partial charge is 0.465 e. The fourth-order valence-corrected chi connectivity index (χ4v) is 2.87. The van der Waals surface area contributed by atoms with E-state index in [2.05, 4.69) is 15.3 Å². The molecular weight excluding hydrogens is 318 g/mol. The molecule has 2 heterocycles. The van der Waals surface area contributed by atoms with Crippen LogP contribution in [0.4, 0.5) is 4.79 Å². The highest BCUT2D eigenvalue weighted by Crippen LogP contribution is 2.40. The van der Waals surface area contributed by atoms with Gasteiger partial charge in [-0.05, 0) is 17.7 Å². The van der Waals surface area contributed by atoms with Crippen LogP contribution >= 0.6 is 0 Å². The van der Waals surface area contributed by atoms with Crippen LogP contribution in [0.1, 0.15) is 22.7 Å². The van der Waals surface area contributed by atoms with Gasteiger partial charge >= 0.3 is 6.09 Å². The standard InChI is InChI=1S/C19H17N3O3/c23-18(24)22-17(14-6-2-1-3-7-14)19(25,15-8-4-10-20-12-15)16-9-5-11-21-13-16/h1-13,17,22,25H,(H,23,24)/t17-/m0/s1. The minimum absolute atomic E-state index is 0.464. The molecule has 3 rings (SSSR count). The molecule has 0 saturated carbocycles. The molecule has 0 saturated heterocycles. The van der Waals surface area contributed by atoms with E-state index in [0.29, 0.717) is 16.7 Å². The number of nitrogens with one attached hydrogen (secondary N) is 1. The number of carbonyl (C=O) groups is 1. The van der Waals surface area contributed by atoms with Gasteiger partial charge in [0.05, 0.1) is 6.04 Å². The van der Waals surface area contributed by atoms with Gasteiger partial charge in [0, 0.05) is 35.9 Å². The van der Waals surface area contributed by atoms with Gasteiger partial charge in [-0.15, -0.1) is 0 Å². The number of hydrogen-bond donors (Lipinski definition) is 3. The Labute approximate surface area is 144 Å². The smallest absolute Gasteiger partial charge is 0.405 e. The fourth-order valence-electron chi connectivity index (χ4n) is 2.87. The van der Waals surface area contributed by atoms with Crippen molar-refractivity contribution in [3.8, 4) is 0 Å². The topological polar surface area (TPSA) is 95.3 Å². The number of nitrogens with zero attached hydrogens (tertiary/aromatic N) is 2. The first kappa shape index (κ1) is 16.6. The van der Waals surface area contributed by atoms with Crippen molar-refractivity contribution in [2.45, 2.75) is 11.6 Å². The van der Waals surface area contributed by atoms with Gasteiger partial charge in [0.15, 0.2) is 0 Å². The van der Waals surface area contributed by atoms with Crippen molar-refractivity contribution in [2.75, 3.05) is 0 Å². The van der Waals surface area contributed by atoms with Crippen molar-refractivity contribution >= 4 is 6.09 Å². The first-order valence-corrected chi connectivity index (χ1v) is 7.70. The number of hydrogen-bond acceptors (Lipinski definition) is 4. The normalized spacial score (nSPS) is 12.4. The van der Waals surface area contributed by atoms with Crippen LogP contribution in [0.25, 0.3) is 0 Å². The molecule has 2 aromatic heterocycles. The first-order valence-electron chi connectivity index (χ1n) is 7.70. The predicted octanol–water partition coefficient (Wildman–Crippen LogP) is 2.72. The van der Waals surface area contributed by atoms with Crippen LogP contribution in [0.15, 0.2) is 79.4 Å². The summed E-state index contributed by atoms with van der Waals surface area (Å²) in [5.74, 6) is 0. The predicted molar refractivity (Wildman–Crippen MR) is 91.8 cm³/mol. The van der Waals surface area contributed by atoms with Crippen molar-refractivity contribution in [3.63, 3.8) is 0 Å². The number of rotatable bonds is 5. The van der Waals surface area contributed by atoms with Crippen LogP contribution in [-0.4, -0.2) is 26.3 Å². The fraction of sp³-hybridized carbons (Fsp3) is 0.105. The lowest BCUT2D eigenvalue weighted by Crippen LogP contribution is -2.44. The summed E-state index contributed by atoms with van der Waals surface area (Å²) in [6, 6.07) is 14.8. The highest BCUT2D eigenvalue weighted by molar-refractivity contribution is 5.66. The van der Waals surface area contributed by atoms with Crippen molar-refractivity contribution in [3.05, 3.63) is 96.1 Å². The summed E-state index contributed by atoms with van der Waals surface area (Å²) in [4.78, 5) is 19.6. The van der Waals surface area contributed by atoms with E-state index in [1.807, 2.05) is 6.07 Å². The first-order chi connectivity index (χ1) is 12.1. The minimum Gasteiger partial charge on any atom is -0.465 e. The summed E-state index contributed by atoms with van der Waals surface area (Å²) < 4.78 is 0. The number of benzene rings is 1. The zero-order valence-electron chi connectivity index (χ0n) is 13.3. The third kappa shape index (κ3) is 3.34. The molecule has 0 unspecified atom stereocenters. The van der Waals surface area contributed by atoms with Crippen molar-refractivity contribution < 1.29 is 15.0 Å². The molecule has 126 valence electrons. The maximum absolute atomic E-state index is 11.7. The summed E-state index contributed by atoms with van der Waals surface area (Å²) in [6.07, 6.45) is 4.99. The van der Waals surface area contributed by atoms with Gasteiger partial charge < -0.3 is 15.5 Å². The second kappa shape index (κ2) is 7.11. The SMILES string of the molecule is O=C(O)N[C@@H](c1ccccc1)C(O)(c1cccnc1)c1cccnc1. The second-order valence-electron chi connectivity index (χ2n) is 5.54. The summed E-state index contributed by atoms with van der Waals surface area (Å²) in [5, 5.41) is 23.5. The monoisotopic (exact) mass is 335 g/mol. The molecule has 0 spiro atoms. The number of amides is 1. The van der Waals surface area contributed by atoms with Crippen LogP contribution in [0, 0.1) is 0 Å². The second-order valence-corrected chi connectivity index (χ2v) is 5.54. The van der Waals surface area contributed by atoms with E-state index in [1.165, 1.54) is 12.4 Å². The van der Waals surface area contributed by atoms with Gasteiger partial charge in [0.2, 0.25) is 0 Å². The molecular formula is C19H17N3O3. The average Bonchev–Trinajstić information content (AvgIpc) is 2.67. The zero-order valence-corrected chi connectivity index (χ0v) is 13.3. The van der Waals surface area contributed by atoms with Crippen LogP contribution in [0.2, 0.25) is 0 Å². The van der Waals surface area contributed by atoms with Gasteiger partial charge in [-0.1, -0.05) is 42.5 Å². The Morgan fingerprint density at radius 2 is 1.48 bits per heavy atom.